The number of hydrogen-bond donors (Lipinski definition) is 1. The van der Waals surface area contributed by atoms with Gasteiger partial charge in [-0.1, -0.05) is 23.7 Å². The molecule has 1 aliphatic rings. The second-order valence-electron chi connectivity index (χ2n) is 3.49. The summed E-state index contributed by atoms with van der Waals surface area (Å²) < 4.78 is 0. The van der Waals surface area contributed by atoms with Gasteiger partial charge in [0, 0.05) is 16.8 Å². The van der Waals surface area contributed by atoms with Crippen LogP contribution in [0.5, 0.6) is 0 Å². The van der Waals surface area contributed by atoms with Gasteiger partial charge in [0.15, 0.2) is 0 Å². The summed E-state index contributed by atoms with van der Waals surface area (Å²) in [6.45, 7) is 1.13. The first-order valence-electron chi connectivity index (χ1n) is 4.93. The third kappa shape index (κ3) is 2.66. The van der Waals surface area contributed by atoms with Gasteiger partial charge in [0.05, 0.1) is 0 Å². The normalized spacial score (nSPS) is 23.1. The van der Waals surface area contributed by atoms with E-state index in [2.05, 4.69) is 17.4 Å². The number of benzene rings is 1. The number of hydrogen-bond acceptors (Lipinski definition) is 2. The fourth-order valence-electron chi connectivity index (χ4n) is 1.62. The van der Waals surface area contributed by atoms with Gasteiger partial charge in [0.1, 0.15) is 0 Å². The van der Waals surface area contributed by atoms with E-state index < -0.39 is 0 Å². The number of nitrogens with one attached hydrogen (secondary N) is 1. The highest BCUT2D eigenvalue weighted by Gasteiger charge is 2.13. The topological polar surface area (TPSA) is 12.0 Å². The molecular weight excluding hydrogens is 214 g/mol. The average Bonchev–Trinajstić information content (AvgIpc) is 2.47. The van der Waals surface area contributed by atoms with E-state index in [-0.39, 0.29) is 0 Å². The Labute approximate surface area is 94.2 Å². The Morgan fingerprint density at radius 3 is 2.86 bits per heavy atom. The Bertz CT molecular complexity index is 278. The minimum Gasteiger partial charge on any atom is -0.309 e. The molecule has 1 aliphatic heterocycles. The van der Waals surface area contributed by atoms with Gasteiger partial charge in [-0.15, -0.1) is 0 Å². The minimum atomic E-state index is 0.500. The molecule has 0 radical (unpaired) electrons. The highest BCUT2D eigenvalue weighted by atomic mass is 35.5. The van der Waals surface area contributed by atoms with Crippen molar-refractivity contribution in [3.8, 4) is 0 Å². The van der Waals surface area contributed by atoms with Crippen LogP contribution in [0, 0.1) is 0 Å². The molecule has 2 rings (SSSR count). The Morgan fingerprint density at radius 1 is 1.29 bits per heavy atom. The molecule has 3 heteroatoms. The molecular formula is C11H14ClNS. The lowest BCUT2D eigenvalue weighted by molar-refractivity contribution is 0.590. The molecule has 0 amide bonds. The third-order valence-corrected chi connectivity index (χ3v) is 3.81. The first-order chi connectivity index (χ1) is 6.86. The summed E-state index contributed by atoms with van der Waals surface area (Å²) >= 11 is 7.88. The molecule has 1 saturated heterocycles. The van der Waals surface area contributed by atoms with Gasteiger partial charge in [-0.2, -0.15) is 11.8 Å². The van der Waals surface area contributed by atoms with Crippen molar-refractivity contribution in [3.63, 3.8) is 0 Å². The molecule has 1 heterocycles. The lowest BCUT2D eigenvalue weighted by Crippen LogP contribution is -2.22. The van der Waals surface area contributed by atoms with Gasteiger partial charge < -0.3 is 5.32 Å². The zero-order valence-electron chi connectivity index (χ0n) is 8.00. The van der Waals surface area contributed by atoms with E-state index in [0.717, 1.165) is 11.6 Å². The molecule has 1 aromatic rings. The standard InChI is InChI=1S/C11H14ClNS/c12-10-4-2-9(3-5-10)11-8-14-7-1-6-13-11/h2-5,11,13H,1,6-8H2. The molecule has 1 nitrogen and oxygen atoms in total. The molecule has 1 fully saturated rings. The van der Waals surface area contributed by atoms with Crippen LogP contribution in [0.3, 0.4) is 0 Å². The second-order valence-corrected chi connectivity index (χ2v) is 5.07. The maximum atomic E-state index is 5.86. The lowest BCUT2D eigenvalue weighted by atomic mass is 10.1. The molecule has 0 aliphatic carbocycles. The van der Waals surface area contributed by atoms with Crippen molar-refractivity contribution in [3.05, 3.63) is 34.9 Å². The summed E-state index contributed by atoms with van der Waals surface area (Å²) in [6, 6.07) is 8.67. The van der Waals surface area contributed by atoms with Gasteiger partial charge in [-0.25, -0.2) is 0 Å². The van der Waals surface area contributed by atoms with Crippen LogP contribution in [-0.4, -0.2) is 18.1 Å². The molecule has 14 heavy (non-hydrogen) atoms. The van der Waals surface area contributed by atoms with Crippen molar-refractivity contribution in [2.24, 2.45) is 0 Å². The molecule has 1 N–H and O–H groups in total. The van der Waals surface area contributed by atoms with Crippen LogP contribution in [0.1, 0.15) is 18.0 Å². The zero-order valence-corrected chi connectivity index (χ0v) is 9.57. The summed E-state index contributed by atoms with van der Waals surface area (Å²) in [4.78, 5) is 0. The molecule has 76 valence electrons. The lowest BCUT2D eigenvalue weighted by Gasteiger charge is -2.15. The molecule has 0 aromatic heterocycles. The maximum absolute atomic E-state index is 5.86. The average molecular weight is 228 g/mol. The van der Waals surface area contributed by atoms with Crippen LogP contribution in [0.2, 0.25) is 5.02 Å². The van der Waals surface area contributed by atoms with E-state index in [9.17, 15) is 0 Å². The third-order valence-electron chi connectivity index (χ3n) is 2.41. The second kappa shape index (κ2) is 5.06. The van der Waals surface area contributed by atoms with Crippen molar-refractivity contribution in [1.29, 1.82) is 0 Å². The zero-order chi connectivity index (χ0) is 9.80. The van der Waals surface area contributed by atoms with Gasteiger partial charge >= 0.3 is 0 Å². The molecule has 1 aromatic carbocycles. The fourth-order valence-corrected chi connectivity index (χ4v) is 2.81. The van der Waals surface area contributed by atoms with Gasteiger partial charge in [0.2, 0.25) is 0 Å². The van der Waals surface area contributed by atoms with E-state index in [1.807, 2.05) is 23.9 Å². The fraction of sp³-hybridized carbons (Fsp3) is 0.455. The number of rotatable bonds is 1. The van der Waals surface area contributed by atoms with Crippen molar-refractivity contribution < 1.29 is 0 Å². The summed E-state index contributed by atoms with van der Waals surface area (Å²) in [5.74, 6) is 2.44. The monoisotopic (exact) mass is 227 g/mol. The predicted octanol–water partition coefficient (Wildman–Crippen LogP) is 3.11. The van der Waals surface area contributed by atoms with Gasteiger partial charge in [-0.05, 0) is 36.4 Å². The van der Waals surface area contributed by atoms with Crippen LogP contribution >= 0.6 is 23.4 Å². The Hall–Kier alpha value is -0.180. The van der Waals surface area contributed by atoms with E-state index in [1.54, 1.807) is 0 Å². The largest absolute Gasteiger partial charge is 0.309 e. The molecule has 1 unspecified atom stereocenters. The molecule has 1 atom stereocenters. The van der Waals surface area contributed by atoms with Crippen LogP contribution in [-0.2, 0) is 0 Å². The summed E-state index contributed by atoms with van der Waals surface area (Å²) in [5, 5.41) is 4.37. The Kier molecular flexibility index (Phi) is 3.74. The van der Waals surface area contributed by atoms with Gasteiger partial charge in [0.25, 0.3) is 0 Å². The van der Waals surface area contributed by atoms with Crippen LogP contribution in [0.15, 0.2) is 24.3 Å². The smallest absolute Gasteiger partial charge is 0.0411 e. The maximum Gasteiger partial charge on any atom is 0.0411 e. The van der Waals surface area contributed by atoms with Crippen molar-refractivity contribution in [2.45, 2.75) is 12.5 Å². The summed E-state index contributed by atoms with van der Waals surface area (Å²) in [5.41, 5.74) is 1.35. The van der Waals surface area contributed by atoms with Gasteiger partial charge in [-0.3, -0.25) is 0 Å². The SMILES string of the molecule is Clc1ccc(C2CSCCCN2)cc1. The minimum absolute atomic E-state index is 0.500. The number of halogens is 1. The molecule has 0 bridgehead atoms. The van der Waals surface area contributed by atoms with Crippen molar-refractivity contribution in [1.82, 2.24) is 5.32 Å². The quantitative estimate of drug-likeness (QED) is 0.792. The van der Waals surface area contributed by atoms with E-state index >= 15 is 0 Å². The van der Waals surface area contributed by atoms with Crippen LogP contribution < -0.4 is 5.32 Å². The highest BCUT2D eigenvalue weighted by Crippen LogP contribution is 2.22. The first kappa shape index (κ1) is 10.3. The first-order valence-corrected chi connectivity index (χ1v) is 6.46. The number of thioether (sulfide) groups is 1. The summed E-state index contributed by atoms with van der Waals surface area (Å²) in [7, 11) is 0. The molecule has 0 spiro atoms. The van der Waals surface area contributed by atoms with E-state index in [1.165, 1.54) is 23.5 Å². The summed E-state index contributed by atoms with van der Waals surface area (Å²) in [6.07, 6.45) is 1.27. The van der Waals surface area contributed by atoms with Crippen LogP contribution in [0.25, 0.3) is 0 Å². The van der Waals surface area contributed by atoms with Crippen molar-refractivity contribution >= 4 is 23.4 Å². The highest BCUT2D eigenvalue weighted by molar-refractivity contribution is 7.99. The van der Waals surface area contributed by atoms with Crippen LogP contribution in [0.4, 0.5) is 0 Å². The van der Waals surface area contributed by atoms with E-state index in [4.69, 9.17) is 11.6 Å². The van der Waals surface area contributed by atoms with Crippen molar-refractivity contribution in [2.75, 3.05) is 18.1 Å². The van der Waals surface area contributed by atoms with E-state index in [0.29, 0.717) is 6.04 Å². The molecule has 0 saturated carbocycles. The Balaban J connectivity index is 2.08. The predicted molar refractivity (Wildman–Crippen MR) is 64.1 cm³/mol. The Morgan fingerprint density at radius 2 is 2.07 bits per heavy atom.